The number of nitrogens with one attached hydrogen (secondary N) is 1. The lowest BCUT2D eigenvalue weighted by Crippen LogP contribution is -2.50. The Balaban J connectivity index is 2.01. The maximum atomic E-state index is 13.0. The van der Waals surface area contributed by atoms with E-state index < -0.39 is 6.04 Å². The van der Waals surface area contributed by atoms with Crippen molar-refractivity contribution in [2.75, 3.05) is 11.4 Å². The van der Waals surface area contributed by atoms with Gasteiger partial charge in [-0.2, -0.15) is 0 Å². The molecule has 148 valence electrons. The minimum absolute atomic E-state index is 0.0527. The lowest BCUT2D eigenvalue weighted by atomic mass is 9.86. The number of carbonyl (C=O) groups is 2. The highest BCUT2D eigenvalue weighted by Gasteiger charge is 2.34. The number of benzene rings is 2. The van der Waals surface area contributed by atoms with E-state index in [4.69, 9.17) is 17.3 Å². The monoisotopic (exact) mass is 399 g/mol. The largest absolute Gasteiger partial charge is 0.350 e. The molecule has 1 aliphatic heterocycles. The van der Waals surface area contributed by atoms with Gasteiger partial charge in [0.25, 0.3) is 0 Å². The van der Waals surface area contributed by atoms with Crippen LogP contribution in [0, 0.1) is 0 Å². The quantitative estimate of drug-likeness (QED) is 0.829. The summed E-state index contributed by atoms with van der Waals surface area (Å²) >= 11 is 6.04. The van der Waals surface area contributed by atoms with Gasteiger partial charge in [0.15, 0.2) is 0 Å². The van der Waals surface area contributed by atoms with Gasteiger partial charge in [0.05, 0.1) is 6.04 Å². The smallest absolute Gasteiger partial charge is 0.244 e. The first-order valence-electron chi connectivity index (χ1n) is 9.38. The average Bonchev–Trinajstić information content (AvgIpc) is 2.72. The van der Waals surface area contributed by atoms with Gasteiger partial charge < -0.3 is 16.0 Å². The van der Waals surface area contributed by atoms with Crippen LogP contribution in [0.3, 0.4) is 0 Å². The summed E-state index contributed by atoms with van der Waals surface area (Å²) in [5, 5.41) is 3.57. The van der Waals surface area contributed by atoms with Gasteiger partial charge in [0.1, 0.15) is 6.54 Å². The maximum absolute atomic E-state index is 13.0. The molecular weight excluding hydrogens is 374 g/mol. The van der Waals surface area contributed by atoms with Crippen molar-refractivity contribution in [1.29, 1.82) is 0 Å². The lowest BCUT2D eigenvalue weighted by molar-refractivity contribution is -0.125. The normalized spacial score (nSPS) is 19.8. The number of anilines is 1. The zero-order valence-electron chi connectivity index (χ0n) is 16.4. The van der Waals surface area contributed by atoms with E-state index >= 15 is 0 Å². The number of nitrogens with two attached hydrogens (primary N) is 1. The molecule has 5 nitrogen and oxygen atoms in total. The summed E-state index contributed by atoms with van der Waals surface area (Å²) in [4.78, 5) is 27.1. The highest BCUT2D eigenvalue weighted by molar-refractivity contribution is 6.30. The fourth-order valence-corrected chi connectivity index (χ4v) is 3.73. The third-order valence-corrected chi connectivity index (χ3v) is 5.02. The van der Waals surface area contributed by atoms with Gasteiger partial charge in [-0.05, 0) is 56.5 Å². The third kappa shape index (κ3) is 4.54. The summed E-state index contributed by atoms with van der Waals surface area (Å²) in [5.41, 5.74) is 8.63. The Morgan fingerprint density at radius 1 is 1.18 bits per heavy atom. The second-order valence-corrected chi connectivity index (χ2v) is 8.66. The SMILES string of the molecule is CC(C)(C)NC(=O)CN1C(=O)C(N)CC(c2ccc(Cl)cc2)c2ccccc21. The fraction of sp³-hybridized carbons (Fsp3) is 0.364. The molecule has 0 bridgehead atoms. The Bertz CT molecular complexity index is 874. The predicted molar refractivity (Wildman–Crippen MR) is 113 cm³/mol. The van der Waals surface area contributed by atoms with Crippen LogP contribution >= 0.6 is 11.6 Å². The zero-order chi connectivity index (χ0) is 20.5. The summed E-state index contributed by atoms with van der Waals surface area (Å²) < 4.78 is 0. The molecule has 3 rings (SSSR count). The number of para-hydroxylation sites is 1. The molecule has 0 saturated heterocycles. The van der Waals surface area contributed by atoms with E-state index in [1.165, 1.54) is 4.90 Å². The van der Waals surface area contributed by atoms with E-state index in [2.05, 4.69) is 5.32 Å². The Morgan fingerprint density at radius 3 is 2.46 bits per heavy atom. The Labute approximate surface area is 170 Å². The topological polar surface area (TPSA) is 75.4 Å². The Hall–Kier alpha value is -2.37. The summed E-state index contributed by atoms with van der Waals surface area (Å²) in [6.07, 6.45) is 0.467. The van der Waals surface area contributed by atoms with Gasteiger partial charge in [-0.3, -0.25) is 9.59 Å². The number of amides is 2. The van der Waals surface area contributed by atoms with Crippen LogP contribution in [0.25, 0.3) is 0 Å². The molecule has 0 saturated carbocycles. The molecule has 2 unspecified atom stereocenters. The fourth-order valence-electron chi connectivity index (χ4n) is 3.60. The van der Waals surface area contributed by atoms with E-state index in [0.29, 0.717) is 11.4 Å². The van der Waals surface area contributed by atoms with E-state index in [-0.39, 0.29) is 29.8 Å². The number of halogens is 1. The van der Waals surface area contributed by atoms with Crippen LogP contribution in [0.2, 0.25) is 5.02 Å². The highest BCUT2D eigenvalue weighted by Crippen LogP contribution is 2.38. The van der Waals surface area contributed by atoms with Crippen molar-refractivity contribution in [3.63, 3.8) is 0 Å². The Morgan fingerprint density at radius 2 is 1.82 bits per heavy atom. The Kier molecular flexibility index (Phi) is 5.77. The molecule has 3 N–H and O–H groups in total. The van der Waals surface area contributed by atoms with E-state index in [0.717, 1.165) is 16.8 Å². The molecule has 2 amide bonds. The number of hydrogen-bond donors (Lipinski definition) is 2. The summed E-state index contributed by atoms with van der Waals surface area (Å²) in [5.74, 6) is -0.510. The van der Waals surface area contributed by atoms with Gasteiger partial charge in [-0.25, -0.2) is 0 Å². The second kappa shape index (κ2) is 7.94. The summed E-state index contributed by atoms with van der Waals surface area (Å²) in [6, 6.07) is 14.6. The number of fused-ring (bicyclic) bond motifs is 1. The average molecular weight is 400 g/mol. The van der Waals surface area contributed by atoms with Crippen LogP contribution in [0.15, 0.2) is 48.5 Å². The number of nitrogens with zero attached hydrogens (tertiary/aromatic N) is 1. The number of carbonyl (C=O) groups excluding carboxylic acids is 2. The van der Waals surface area contributed by atoms with Crippen molar-refractivity contribution in [1.82, 2.24) is 5.32 Å². The van der Waals surface area contributed by atoms with Crippen LogP contribution in [0.1, 0.15) is 44.2 Å². The van der Waals surface area contributed by atoms with Crippen LogP contribution in [0.4, 0.5) is 5.69 Å². The van der Waals surface area contributed by atoms with Gasteiger partial charge >= 0.3 is 0 Å². The molecule has 0 aliphatic carbocycles. The molecule has 0 spiro atoms. The van der Waals surface area contributed by atoms with E-state index in [9.17, 15) is 9.59 Å². The summed E-state index contributed by atoms with van der Waals surface area (Å²) in [6.45, 7) is 5.66. The van der Waals surface area contributed by atoms with Crippen molar-refractivity contribution in [2.45, 2.75) is 44.7 Å². The molecule has 1 heterocycles. The van der Waals surface area contributed by atoms with E-state index in [1.807, 2.05) is 69.3 Å². The minimum Gasteiger partial charge on any atom is -0.350 e. The molecule has 0 radical (unpaired) electrons. The van der Waals surface area contributed by atoms with Crippen LogP contribution in [-0.2, 0) is 9.59 Å². The van der Waals surface area contributed by atoms with Crippen molar-refractivity contribution in [3.05, 3.63) is 64.7 Å². The van der Waals surface area contributed by atoms with Crippen LogP contribution < -0.4 is 16.0 Å². The van der Waals surface area contributed by atoms with Crippen molar-refractivity contribution in [2.24, 2.45) is 5.73 Å². The van der Waals surface area contributed by atoms with Crippen molar-refractivity contribution < 1.29 is 9.59 Å². The van der Waals surface area contributed by atoms with Gasteiger partial charge in [-0.1, -0.05) is 41.9 Å². The van der Waals surface area contributed by atoms with Gasteiger partial charge in [0, 0.05) is 22.2 Å². The third-order valence-electron chi connectivity index (χ3n) is 4.76. The van der Waals surface area contributed by atoms with Crippen molar-refractivity contribution >= 4 is 29.1 Å². The van der Waals surface area contributed by atoms with Crippen LogP contribution in [-0.4, -0.2) is 29.9 Å². The molecule has 2 aromatic rings. The molecule has 6 heteroatoms. The standard InChI is InChI=1S/C22H26ClN3O2/c1-22(2,3)25-20(27)13-26-19-7-5-4-6-16(19)17(12-18(24)21(26)28)14-8-10-15(23)11-9-14/h4-11,17-18H,12-13,24H2,1-3H3,(H,25,27). The molecule has 2 atom stereocenters. The van der Waals surface area contributed by atoms with Crippen molar-refractivity contribution in [3.8, 4) is 0 Å². The molecule has 28 heavy (non-hydrogen) atoms. The molecule has 2 aromatic carbocycles. The number of rotatable bonds is 3. The highest BCUT2D eigenvalue weighted by atomic mass is 35.5. The molecule has 0 aromatic heterocycles. The maximum Gasteiger partial charge on any atom is 0.244 e. The minimum atomic E-state index is -0.699. The second-order valence-electron chi connectivity index (χ2n) is 8.23. The molecular formula is C22H26ClN3O2. The van der Waals surface area contributed by atoms with Crippen LogP contribution in [0.5, 0.6) is 0 Å². The zero-order valence-corrected chi connectivity index (χ0v) is 17.2. The lowest BCUT2D eigenvalue weighted by Gasteiger charge is -2.27. The van der Waals surface area contributed by atoms with E-state index in [1.54, 1.807) is 0 Å². The first-order valence-corrected chi connectivity index (χ1v) is 9.76. The molecule has 0 fully saturated rings. The first-order chi connectivity index (χ1) is 13.2. The number of hydrogen-bond acceptors (Lipinski definition) is 3. The molecule has 1 aliphatic rings. The summed E-state index contributed by atoms with van der Waals surface area (Å²) in [7, 11) is 0. The van der Waals surface area contributed by atoms with Gasteiger partial charge in [-0.15, -0.1) is 0 Å². The first kappa shape index (κ1) is 20.4. The van der Waals surface area contributed by atoms with Gasteiger partial charge in [0.2, 0.25) is 11.8 Å². The predicted octanol–water partition coefficient (Wildman–Crippen LogP) is 3.45.